The Morgan fingerprint density at radius 3 is 2.94 bits per heavy atom. The summed E-state index contributed by atoms with van der Waals surface area (Å²) >= 11 is 5.93. The van der Waals surface area contributed by atoms with Crippen LogP contribution in [-0.2, 0) is 0 Å². The van der Waals surface area contributed by atoms with Gasteiger partial charge in [-0.15, -0.1) is 6.42 Å². The Hall–Kier alpha value is -1.85. The molecule has 2 rings (SSSR count). The lowest BCUT2D eigenvalue weighted by Crippen LogP contribution is -1.95. The average molecular weight is 233 g/mol. The number of ether oxygens (including phenoxy) is 1. The van der Waals surface area contributed by atoms with Crippen LogP contribution in [0.3, 0.4) is 0 Å². The second kappa shape index (κ2) is 4.78. The van der Waals surface area contributed by atoms with Crippen molar-refractivity contribution in [1.29, 1.82) is 0 Å². The molecule has 0 unspecified atom stereocenters. The van der Waals surface area contributed by atoms with E-state index in [0.717, 1.165) is 5.56 Å². The van der Waals surface area contributed by atoms with Crippen molar-refractivity contribution < 1.29 is 9.15 Å². The van der Waals surface area contributed by atoms with Crippen LogP contribution in [0.25, 0.3) is 11.3 Å². The lowest BCUT2D eigenvalue weighted by atomic mass is 10.1. The largest absolute Gasteiger partial charge is 0.480 e. The van der Waals surface area contributed by atoms with Crippen LogP contribution in [0.15, 0.2) is 41.0 Å². The van der Waals surface area contributed by atoms with Crippen LogP contribution >= 0.6 is 11.6 Å². The summed E-state index contributed by atoms with van der Waals surface area (Å²) in [5, 5.41) is 0.624. The Balaban J connectivity index is 2.41. The topological polar surface area (TPSA) is 22.4 Å². The number of terminal acetylenes is 1. The van der Waals surface area contributed by atoms with E-state index >= 15 is 0 Å². The molecule has 1 aromatic heterocycles. The molecule has 0 atom stereocenters. The van der Waals surface area contributed by atoms with E-state index in [1.807, 2.05) is 6.07 Å². The lowest BCUT2D eigenvalue weighted by molar-refractivity contribution is 0.370. The van der Waals surface area contributed by atoms with E-state index in [1.165, 1.54) is 0 Å². The molecule has 2 nitrogen and oxygen atoms in total. The predicted octanol–water partition coefficient (Wildman–Crippen LogP) is 3.61. The van der Waals surface area contributed by atoms with E-state index in [0.29, 0.717) is 16.5 Å². The summed E-state index contributed by atoms with van der Waals surface area (Å²) in [7, 11) is 0. The van der Waals surface area contributed by atoms with Gasteiger partial charge >= 0.3 is 0 Å². The van der Waals surface area contributed by atoms with Crippen molar-refractivity contribution in [3.05, 3.63) is 41.6 Å². The van der Waals surface area contributed by atoms with Crippen molar-refractivity contribution in [3.8, 4) is 29.4 Å². The fraction of sp³-hybridized carbons (Fsp3) is 0.0769. The number of halogens is 1. The van der Waals surface area contributed by atoms with Crippen LogP contribution < -0.4 is 4.74 Å². The van der Waals surface area contributed by atoms with Gasteiger partial charge in [0.15, 0.2) is 0 Å². The first-order chi connectivity index (χ1) is 7.81. The third-order valence-electron chi connectivity index (χ3n) is 2.04. The molecule has 0 radical (unpaired) electrons. The van der Waals surface area contributed by atoms with Gasteiger partial charge in [0, 0.05) is 5.02 Å². The zero-order valence-corrected chi connectivity index (χ0v) is 9.20. The van der Waals surface area contributed by atoms with Gasteiger partial charge in [0.1, 0.15) is 18.1 Å². The molecule has 0 aliphatic carbocycles. The van der Waals surface area contributed by atoms with Crippen LogP contribution in [0.1, 0.15) is 0 Å². The summed E-state index contributed by atoms with van der Waals surface area (Å²) in [4.78, 5) is 0. The minimum absolute atomic E-state index is 0.218. The Morgan fingerprint density at radius 2 is 2.25 bits per heavy atom. The minimum Gasteiger partial charge on any atom is -0.480 e. The van der Waals surface area contributed by atoms with E-state index < -0.39 is 0 Å². The number of rotatable bonds is 3. The maximum atomic E-state index is 5.93. The molecule has 80 valence electrons. The van der Waals surface area contributed by atoms with Crippen molar-refractivity contribution in [3.63, 3.8) is 0 Å². The average Bonchev–Trinajstić information content (AvgIpc) is 2.80. The van der Waals surface area contributed by atoms with Gasteiger partial charge in [-0.3, -0.25) is 0 Å². The molecule has 2 aromatic rings. The van der Waals surface area contributed by atoms with Gasteiger partial charge in [0.25, 0.3) is 0 Å². The molecule has 0 aliphatic rings. The Bertz CT molecular complexity index is 509. The molecule has 0 amide bonds. The highest BCUT2D eigenvalue weighted by molar-refractivity contribution is 6.30. The first-order valence-electron chi connectivity index (χ1n) is 4.71. The minimum atomic E-state index is 0.218. The van der Waals surface area contributed by atoms with Gasteiger partial charge < -0.3 is 9.15 Å². The molecule has 0 saturated heterocycles. The first kappa shape index (κ1) is 10.7. The molecule has 16 heavy (non-hydrogen) atoms. The number of hydrogen-bond acceptors (Lipinski definition) is 2. The molecular weight excluding hydrogens is 224 g/mol. The van der Waals surface area contributed by atoms with E-state index in [1.54, 1.807) is 30.5 Å². The number of furan rings is 1. The van der Waals surface area contributed by atoms with Crippen LogP contribution in [0.5, 0.6) is 5.75 Å². The maximum absolute atomic E-state index is 5.93. The molecule has 0 saturated carbocycles. The quantitative estimate of drug-likeness (QED) is 0.755. The normalized spacial score (nSPS) is 9.75. The lowest BCUT2D eigenvalue weighted by Gasteiger charge is -2.07. The zero-order chi connectivity index (χ0) is 11.4. The highest BCUT2D eigenvalue weighted by Crippen LogP contribution is 2.32. The summed E-state index contributed by atoms with van der Waals surface area (Å²) in [6, 6.07) is 8.96. The van der Waals surface area contributed by atoms with Crippen LogP contribution in [-0.4, -0.2) is 6.61 Å². The molecule has 1 heterocycles. The predicted molar refractivity (Wildman–Crippen MR) is 63.5 cm³/mol. The third kappa shape index (κ3) is 2.21. The third-order valence-corrected chi connectivity index (χ3v) is 2.27. The van der Waals surface area contributed by atoms with Gasteiger partial charge in [-0.25, -0.2) is 0 Å². The fourth-order valence-electron chi connectivity index (χ4n) is 1.37. The molecule has 0 N–H and O–H groups in total. The zero-order valence-electron chi connectivity index (χ0n) is 8.44. The van der Waals surface area contributed by atoms with Crippen LogP contribution in [0.4, 0.5) is 0 Å². The van der Waals surface area contributed by atoms with Crippen molar-refractivity contribution in [2.75, 3.05) is 6.61 Å². The number of benzene rings is 1. The smallest absolute Gasteiger partial charge is 0.148 e. The number of hydrogen-bond donors (Lipinski definition) is 0. The summed E-state index contributed by atoms with van der Waals surface area (Å²) in [5.41, 5.74) is 0.799. The first-order valence-corrected chi connectivity index (χ1v) is 5.09. The second-order valence-corrected chi connectivity index (χ2v) is 3.55. The SMILES string of the molecule is C#CCOc1ccc(Cl)cc1-c1ccco1. The van der Waals surface area contributed by atoms with E-state index in [9.17, 15) is 0 Å². The molecule has 3 heteroatoms. The van der Waals surface area contributed by atoms with E-state index in [4.69, 9.17) is 27.2 Å². The molecule has 0 spiro atoms. The summed E-state index contributed by atoms with van der Waals surface area (Å²) < 4.78 is 10.7. The van der Waals surface area contributed by atoms with Crippen molar-refractivity contribution >= 4 is 11.6 Å². The second-order valence-electron chi connectivity index (χ2n) is 3.11. The molecule has 1 aromatic carbocycles. The molecule has 0 bridgehead atoms. The van der Waals surface area contributed by atoms with Crippen molar-refractivity contribution in [1.82, 2.24) is 0 Å². The molecular formula is C13H9ClO2. The monoisotopic (exact) mass is 232 g/mol. The Morgan fingerprint density at radius 1 is 1.38 bits per heavy atom. The van der Waals surface area contributed by atoms with Gasteiger partial charge in [0.05, 0.1) is 11.8 Å². The highest BCUT2D eigenvalue weighted by atomic mass is 35.5. The van der Waals surface area contributed by atoms with E-state index in [-0.39, 0.29) is 6.61 Å². The van der Waals surface area contributed by atoms with Gasteiger partial charge in [-0.2, -0.15) is 0 Å². The highest BCUT2D eigenvalue weighted by Gasteiger charge is 2.09. The van der Waals surface area contributed by atoms with Gasteiger partial charge in [-0.05, 0) is 30.3 Å². The fourth-order valence-corrected chi connectivity index (χ4v) is 1.54. The Kier molecular flexibility index (Phi) is 3.19. The van der Waals surface area contributed by atoms with Gasteiger partial charge in [0.2, 0.25) is 0 Å². The van der Waals surface area contributed by atoms with Crippen molar-refractivity contribution in [2.45, 2.75) is 0 Å². The van der Waals surface area contributed by atoms with Crippen LogP contribution in [0.2, 0.25) is 5.02 Å². The summed E-state index contributed by atoms with van der Waals surface area (Å²) in [6.07, 6.45) is 6.75. The summed E-state index contributed by atoms with van der Waals surface area (Å²) in [5.74, 6) is 3.78. The standard InChI is InChI=1S/C13H9ClO2/c1-2-7-15-13-6-5-10(14)9-11(13)12-4-3-8-16-12/h1,3-6,8-9H,7H2. The van der Waals surface area contributed by atoms with Gasteiger partial charge in [-0.1, -0.05) is 17.5 Å². The molecule has 0 aliphatic heterocycles. The van der Waals surface area contributed by atoms with E-state index in [2.05, 4.69) is 5.92 Å². The Labute approximate surface area is 98.8 Å². The maximum Gasteiger partial charge on any atom is 0.148 e. The molecule has 0 fully saturated rings. The summed E-state index contributed by atoms with van der Waals surface area (Å²) in [6.45, 7) is 0.218. The van der Waals surface area contributed by atoms with Crippen LogP contribution in [0, 0.1) is 12.3 Å². The van der Waals surface area contributed by atoms with Crippen molar-refractivity contribution in [2.24, 2.45) is 0 Å².